The van der Waals surface area contributed by atoms with Crippen LogP contribution in [-0.2, 0) is 0 Å². The molecular formula is C25H25ClN4O. The summed E-state index contributed by atoms with van der Waals surface area (Å²) < 4.78 is 3.94. The minimum Gasteiger partial charge on any atom is -0.319 e. The maximum Gasteiger partial charge on any atom is 0.257 e. The van der Waals surface area contributed by atoms with Gasteiger partial charge in [0.15, 0.2) is 0 Å². The van der Waals surface area contributed by atoms with Gasteiger partial charge in [-0.3, -0.25) is 4.79 Å². The van der Waals surface area contributed by atoms with Crippen molar-refractivity contribution in [2.75, 3.05) is 5.32 Å². The van der Waals surface area contributed by atoms with Crippen LogP contribution in [0.3, 0.4) is 0 Å². The molecule has 0 atom stereocenters. The minimum absolute atomic E-state index is 0.260. The zero-order valence-corrected chi connectivity index (χ0v) is 19.1. The van der Waals surface area contributed by atoms with Crippen molar-refractivity contribution >= 4 is 23.2 Å². The summed E-state index contributed by atoms with van der Waals surface area (Å²) in [6, 6.07) is 17.7. The summed E-state index contributed by atoms with van der Waals surface area (Å²) in [6.07, 6.45) is 0. The van der Waals surface area contributed by atoms with Gasteiger partial charge in [0.2, 0.25) is 0 Å². The number of amides is 1. The second-order valence-corrected chi connectivity index (χ2v) is 8.27. The van der Waals surface area contributed by atoms with Crippen LogP contribution < -0.4 is 5.32 Å². The van der Waals surface area contributed by atoms with E-state index in [-0.39, 0.29) is 5.91 Å². The first-order valence-corrected chi connectivity index (χ1v) is 10.5. The molecule has 0 saturated carbocycles. The van der Waals surface area contributed by atoms with E-state index in [2.05, 4.69) is 27.1 Å². The van der Waals surface area contributed by atoms with E-state index in [9.17, 15) is 4.79 Å². The molecule has 0 bridgehead atoms. The smallest absolute Gasteiger partial charge is 0.257 e. The number of aryl methyl sites for hydroxylation is 4. The molecule has 4 aromatic rings. The molecule has 0 saturated heterocycles. The number of hydrogen-bond donors (Lipinski definition) is 1. The Morgan fingerprint density at radius 1 is 0.871 bits per heavy atom. The molecule has 1 N–H and O–H groups in total. The van der Waals surface area contributed by atoms with Crippen LogP contribution in [0.1, 0.15) is 38.7 Å². The van der Waals surface area contributed by atoms with E-state index in [1.165, 1.54) is 5.56 Å². The summed E-state index contributed by atoms with van der Waals surface area (Å²) in [6.45, 7) is 9.95. The van der Waals surface area contributed by atoms with E-state index in [1.807, 2.05) is 75.7 Å². The fraction of sp³-hybridized carbons (Fsp3) is 0.200. The average Bonchev–Trinajstić information content (AvgIpc) is 3.22. The topological polar surface area (TPSA) is 51.9 Å². The highest BCUT2D eigenvalue weighted by Crippen LogP contribution is 2.27. The van der Waals surface area contributed by atoms with Crippen molar-refractivity contribution in [1.29, 1.82) is 0 Å². The lowest BCUT2D eigenvalue weighted by Crippen LogP contribution is -2.14. The van der Waals surface area contributed by atoms with Crippen LogP contribution in [0.15, 0.2) is 54.6 Å². The second kappa shape index (κ2) is 8.08. The number of anilines is 1. The van der Waals surface area contributed by atoms with Crippen LogP contribution in [0.2, 0.25) is 5.02 Å². The number of benzene rings is 2. The number of carbonyl (C=O) groups excluding carboxylic acids is 1. The fourth-order valence-corrected chi connectivity index (χ4v) is 4.05. The van der Waals surface area contributed by atoms with Gasteiger partial charge >= 0.3 is 0 Å². The normalized spacial score (nSPS) is 11.0. The number of hydrogen-bond acceptors (Lipinski definition) is 2. The molecule has 5 nitrogen and oxygen atoms in total. The van der Waals surface area contributed by atoms with Crippen molar-refractivity contribution in [3.8, 4) is 11.4 Å². The van der Waals surface area contributed by atoms with Crippen molar-refractivity contribution in [1.82, 2.24) is 14.3 Å². The van der Waals surface area contributed by atoms with Gasteiger partial charge in [-0.15, -0.1) is 0 Å². The molecular weight excluding hydrogens is 408 g/mol. The van der Waals surface area contributed by atoms with E-state index in [1.54, 1.807) is 6.07 Å². The molecule has 6 heteroatoms. The van der Waals surface area contributed by atoms with Gasteiger partial charge in [0.05, 0.1) is 33.3 Å². The number of aromatic nitrogens is 3. The van der Waals surface area contributed by atoms with Crippen LogP contribution in [0, 0.1) is 34.6 Å². The van der Waals surface area contributed by atoms with Gasteiger partial charge in [-0.2, -0.15) is 5.10 Å². The third kappa shape index (κ3) is 3.89. The van der Waals surface area contributed by atoms with Gasteiger partial charge in [0.1, 0.15) is 0 Å². The predicted molar refractivity (Wildman–Crippen MR) is 126 cm³/mol. The maximum atomic E-state index is 13.2. The van der Waals surface area contributed by atoms with Crippen LogP contribution in [0.25, 0.3) is 11.4 Å². The van der Waals surface area contributed by atoms with Crippen molar-refractivity contribution in [3.05, 3.63) is 93.5 Å². The molecule has 0 aliphatic carbocycles. The van der Waals surface area contributed by atoms with Crippen molar-refractivity contribution in [2.24, 2.45) is 0 Å². The standard InChI is InChI=1S/C25H25ClN4O/c1-15-6-10-20(11-7-15)30-19(5)24(18(4)28-30)27-25(31)22-14-21(12-13-23(22)26)29-16(2)8-9-17(29)3/h6-14H,1-5H3,(H,27,31). The molecule has 158 valence electrons. The lowest BCUT2D eigenvalue weighted by molar-refractivity contribution is 0.102. The Balaban J connectivity index is 1.68. The Bertz CT molecular complexity index is 1260. The van der Waals surface area contributed by atoms with Gasteiger partial charge in [0, 0.05) is 17.1 Å². The highest BCUT2D eigenvalue weighted by molar-refractivity contribution is 6.34. The molecule has 1 amide bonds. The number of halogens is 1. The molecule has 0 radical (unpaired) electrons. The molecule has 2 heterocycles. The zero-order chi connectivity index (χ0) is 22.3. The Morgan fingerprint density at radius 2 is 1.48 bits per heavy atom. The number of nitrogens with one attached hydrogen (secondary N) is 1. The first-order valence-electron chi connectivity index (χ1n) is 10.2. The Hall–Kier alpha value is -3.31. The lowest BCUT2D eigenvalue weighted by atomic mass is 10.1. The molecule has 31 heavy (non-hydrogen) atoms. The molecule has 4 rings (SSSR count). The van der Waals surface area contributed by atoms with Gasteiger partial charge in [0.25, 0.3) is 5.91 Å². The first kappa shape index (κ1) is 20.9. The second-order valence-electron chi connectivity index (χ2n) is 7.86. The minimum atomic E-state index is -0.260. The van der Waals surface area contributed by atoms with E-state index in [0.717, 1.165) is 34.2 Å². The highest BCUT2D eigenvalue weighted by Gasteiger charge is 2.19. The Labute approximate surface area is 187 Å². The number of nitrogens with zero attached hydrogens (tertiary/aromatic N) is 3. The van der Waals surface area contributed by atoms with E-state index in [0.29, 0.717) is 16.3 Å². The monoisotopic (exact) mass is 432 g/mol. The van der Waals surface area contributed by atoms with E-state index in [4.69, 9.17) is 11.6 Å². The Morgan fingerprint density at radius 3 is 2.13 bits per heavy atom. The number of carbonyl (C=O) groups is 1. The van der Waals surface area contributed by atoms with E-state index >= 15 is 0 Å². The van der Waals surface area contributed by atoms with Crippen LogP contribution in [0.5, 0.6) is 0 Å². The fourth-order valence-electron chi connectivity index (χ4n) is 3.84. The summed E-state index contributed by atoms with van der Waals surface area (Å²) in [5.41, 5.74) is 7.95. The largest absolute Gasteiger partial charge is 0.319 e. The number of rotatable bonds is 4. The van der Waals surface area contributed by atoms with Crippen LogP contribution in [-0.4, -0.2) is 20.3 Å². The van der Waals surface area contributed by atoms with Gasteiger partial charge in [-0.25, -0.2) is 4.68 Å². The zero-order valence-electron chi connectivity index (χ0n) is 18.3. The van der Waals surface area contributed by atoms with Gasteiger partial charge < -0.3 is 9.88 Å². The summed E-state index contributed by atoms with van der Waals surface area (Å²) in [5, 5.41) is 8.06. The van der Waals surface area contributed by atoms with Crippen molar-refractivity contribution < 1.29 is 4.79 Å². The first-order chi connectivity index (χ1) is 14.8. The molecule has 0 fully saturated rings. The van der Waals surface area contributed by atoms with Gasteiger partial charge in [-0.1, -0.05) is 29.3 Å². The molecule has 0 unspecified atom stereocenters. The SMILES string of the molecule is Cc1ccc(-n2nc(C)c(NC(=O)c3cc(-n4c(C)ccc4C)ccc3Cl)c2C)cc1. The van der Waals surface area contributed by atoms with Crippen LogP contribution in [0.4, 0.5) is 5.69 Å². The van der Waals surface area contributed by atoms with Gasteiger partial charge in [-0.05, 0) is 77.1 Å². The van der Waals surface area contributed by atoms with Crippen molar-refractivity contribution in [3.63, 3.8) is 0 Å². The van der Waals surface area contributed by atoms with E-state index < -0.39 is 0 Å². The Kier molecular flexibility index (Phi) is 5.46. The highest BCUT2D eigenvalue weighted by atomic mass is 35.5. The summed E-state index contributed by atoms with van der Waals surface area (Å²) in [7, 11) is 0. The molecule has 0 aliphatic rings. The van der Waals surface area contributed by atoms with Crippen LogP contribution >= 0.6 is 11.6 Å². The van der Waals surface area contributed by atoms with Crippen molar-refractivity contribution in [2.45, 2.75) is 34.6 Å². The molecule has 2 aromatic carbocycles. The lowest BCUT2D eigenvalue weighted by Gasteiger charge is -2.13. The molecule has 2 aromatic heterocycles. The quantitative estimate of drug-likeness (QED) is 0.423. The average molecular weight is 433 g/mol. The summed E-state index contributed by atoms with van der Waals surface area (Å²) in [5.74, 6) is -0.260. The molecule has 0 spiro atoms. The molecule has 0 aliphatic heterocycles. The third-order valence-corrected chi connectivity index (χ3v) is 5.86. The maximum absolute atomic E-state index is 13.2. The summed E-state index contributed by atoms with van der Waals surface area (Å²) >= 11 is 6.40. The third-order valence-electron chi connectivity index (χ3n) is 5.53. The summed E-state index contributed by atoms with van der Waals surface area (Å²) in [4.78, 5) is 13.2. The predicted octanol–water partition coefficient (Wildman–Crippen LogP) is 6.11.